The van der Waals surface area contributed by atoms with Crippen LogP contribution in [0, 0.1) is 19.8 Å². The van der Waals surface area contributed by atoms with Crippen LogP contribution in [0.3, 0.4) is 0 Å². The summed E-state index contributed by atoms with van der Waals surface area (Å²) in [6, 6.07) is 9.80. The van der Waals surface area contributed by atoms with Gasteiger partial charge in [0.2, 0.25) is 5.91 Å². The van der Waals surface area contributed by atoms with E-state index in [0.717, 1.165) is 22.6 Å². The summed E-state index contributed by atoms with van der Waals surface area (Å²) in [5.74, 6) is -1.30. The largest absolute Gasteiger partial charge is 0.481 e. The van der Waals surface area contributed by atoms with Crippen LogP contribution in [0.4, 0.5) is 0 Å². The summed E-state index contributed by atoms with van der Waals surface area (Å²) in [6.07, 6.45) is 0.791. The summed E-state index contributed by atoms with van der Waals surface area (Å²) < 4.78 is 1.85. The molecule has 1 saturated heterocycles. The SMILES string of the molecule is Cc1nn(-c2ccccc2)c(C)c1CC(=O)N1CCC(C(=O)O)C1.Cl. The number of aliphatic carboxylic acids is 1. The van der Waals surface area contributed by atoms with Crippen LogP contribution in [0.5, 0.6) is 0 Å². The first-order chi connectivity index (χ1) is 11.5. The van der Waals surface area contributed by atoms with E-state index in [1.54, 1.807) is 4.90 Å². The number of carboxylic acids is 1. The fourth-order valence-electron chi connectivity index (χ4n) is 3.20. The van der Waals surface area contributed by atoms with E-state index < -0.39 is 11.9 Å². The van der Waals surface area contributed by atoms with Crippen LogP contribution in [0.25, 0.3) is 5.69 Å². The first-order valence-electron chi connectivity index (χ1n) is 8.08. The zero-order chi connectivity index (χ0) is 17.3. The van der Waals surface area contributed by atoms with Crippen molar-refractivity contribution in [3.05, 3.63) is 47.3 Å². The Hall–Kier alpha value is -2.34. The fraction of sp³-hybridized carbons (Fsp3) is 0.389. The Bertz CT molecular complexity index is 773. The fourth-order valence-corrected chi connectivity index (χ4v) is 3.20. The minimum absolute atomic E-state index is 0. The summed E-state index contributed by atoms with van der Waals surface area (Å²) in [7, 11) is 0. The first kappa shape index (κ1) is 19.0. The number of aryl methyl sites for hydroxylation is 1. The molecule has 1 aromatic heterocycles. The molecular weight excluding hydrogens is 342 g/mol. The number of benzene rings is 1. The van der Waals surface area contributed by atoms with Gasteiger partial charge in [-0.15, -0.1) is 12.4 Å². The average molecular weight is 364 g/mol. The molecule has 0 saturated carbocycles. The van der Waals surface area contributed by atoms with E-state index in [2.05, 4.69) is 5.10 Å². The third kappa shape index (κ3) is 3.85. The van der Waals surface area contributed by atoms with Gasteiger partial charge in [-0.2, -0.15) is 5.10 Å². The predicted octanol–water partition coefficient (Wildman–Crippen LogP) is 2.39. The first-order valence-corrected chi connectivity index (χ1v) is 8.08. The summed E-state index contributed by atoms with van der Waals surface area (Å²) >= 11 is 0. The third-order valence-electron chi connectivity index (χ3n) is 4.66. The van der Waals surface area contributed by atoms with Crippen LogP contribution in [0.1, 0.15) is 23.4 Å². The van der Waals surface area contributed by atoms with Gasteiger partial charge in [-0.1, -0.05) is 18.2 Å². The van der Waals surface area contributed by atoms with Gasteiger partial charge in [0, 0.05) is 24.3 Å². The van der Waals surface area contributed by atoms with Crippen LogP contribution >= 0.6 is 12.4 Å². The van der Waals surface area contributed by atoms with Crippen LogP contribution < -0.4 is 0 Å². The lowest BCUT2D eigenvalue weighted by Crippen LogP contribution is -2.31. The Morgan fingerprint density at radius 2 is 1.92 bits per heavy atom. The number of rotatable bonds is 4. The molecule has 7 heteroatoms. The number of para-hydroxylation sites is 1. The molecule has 0 bridgehead atoms. The van der Waals surface area contributed by atoms with Crippen molar-refractivity contribution in [1.82, 2.24) is 14.7 Å². The monoisotopic (exact) mass is 363 g/mol. The van der Waals surface area contributed by atoms with Gasteiger partial charge in [-0.3, -0.25) is 9.59 Å². The minimum atomic E-state index is -0.824. The average Bonchev–Trinajstić information content (AvgIpc) is 3.16. The smallest absolute Gasteiger partial charge is 0.308 e. The molecule has 1 atom stereocenters. The molecular formula is C18H22ClN3O3. The number of carboxylic acid groups (broad SMARTS) is 1. The molecule has 1 amide bonds. The number of carbonyl (C=O) groups is 2. The second kappa shape index (κ2) is 7.70. The van der Waals surface area contributed by atoms with Crippen molar-refractivity contribution in [2.24, 2.45) is 5.92 Å². The van der Waals surface area contributed by atoms with E-state index >= 15 is 0 Å². The Morgan fingerprint density at radius 3 is 2.52 bits per heavy atom. The van der Waals surface area contributed by atoms with Crippen molar-refractivity contribution in [3.8, 4) is 5.69 Å². The van der Waals surface area contributed by atoms with Gasteiger partial charge in [-0.25, -0.2) is 4.68 Å². The number of aromatic nitrogens is 2. The highest BCUT2D eigenvalue weighted by Crippen LogP contribution is 2.21. The zero-order valence-electron chi connectivity index (χ0n) is 14.3. The highest BCUT2D eigenvalue weighted by Gasteiger charge is 2.31. The van der Waals surface area contributed by atoms with E-state index in [-0.39, 0.29) is 24.7 Å². The molecule has 0 radical (unpaired) electrons. The summed E-state index contributed by atoms with van der Waals surface area (Å²) in [5.41, 5.74) is 3.66. The van der Waals surface area contributed by atoms with Gasteiger partial charge in [0.15, 0.2) is 0 Å². The number of carbonyl (C=O) groups excluding carboxylic acids is 1. The third-order valence-corrected chi connectivity index (χ3v) is 4.66. The molecule has 2 aromatic rings. The molecule has 0 aliphatic carbocycles. The van der Waals surface area contributed by atoms with E-state index in [1.165, 1.54) is 0 Å². The zero-order valence-corrected chi connectivity index (χ0v) is 15.1. The molecule has 25 heavy (non-hydrogen) atoms. The Balaban J connectivity index is 0.00000225. The normalized spacial score (nSPS) is 16.6. The van der Waals surface area contributed by atoms with E-state index in [0.29, 0.717) is 19.5 Å². The van der Waals surface area contributed by atoms with Crippen molar-refractivity contribution in [3.63, 3.8) is 0 Å². The molecule has 0 spiro atoms. The van der Waals surface area contributed by atoms with Crippen LogP contribution in [0.15, 0.2) is 30.3 Å². The number of halogens is 1. The number of likely N-dealkylation sites (tertiary alicyclic amines) is 1. The summed E-state index contributed by atoms with van der Waals surface area (Å²) in [6.45, 7) is 4.68. The lowest BCUT2D eigenvalue weighted by molar-refractivity contribution is -0.141. The van der Waals surface area contributed by atoms with E-state index in [1.807, 2.05) is 48.9 Å². The van der Waals surface area contributed by atoms with Crippen molar-refractivity contribution < 1.29 is 14.7 Å². The quantitative estimate of drug-likeness (QED) is 0.905. The van der Waals surface area contributed by atoms with E-state index in [9.17, 15) is 9.59 Å². The number of hydrogen-bond donors (Lipinski definition) is 1. The molecule has 6 nitrogen and oxygen atoms in total. The molecule has 1 fully saturated rings. The van der Waals surface area contributed by atoms with Gasteiger partial charge in [-0.05, 0) is 32.4 Å². The van der Waals surface area contributed by atoms with Crippen LogP contribution in [0.2, 0.25) is 0 Å². The molecule has 1 aliphatic heterocycles. The lowest BCUT2D eigenvalue weighted by atomic mass is 10.1. The predicted molar refractivity (Wildman–Crippen MR) is 96.3 cm³/mol. The Labute approximate surface area is 152 Å². The molecule has 2 heterocycles. The maximum atomic E-state index is 12.5. The minimum Gasteiger partial charge on any atom is -0.481 e. The van der Waals surface area contributed by atoms with Gasteiger partial charge in [0.05, 0.1) is 23.7 Å². The topological polar surface area (TPSA) is 75.4 Å². The lowest BCUT2D eigenvalue weighted by Gasteiger charge is -2.16. The molecule has 1 N–H and O–H groups in total. The highest BCUT2D eigenvalue weighted by molar-refractivity contribution is 5.85. The van der Waals surface area contributed by atoms with Gasteiger partial charge in [0.25, 0.3) is 0 Å². The number of hydrogen-bond acceptors (Lipinski definition) is 3. The second-order valence-electron chi connectivity index (χ2n) is 6.24. The van der Waals surface area contributed by atoms with Crippen molar-refractivity contribution >= 4 is 24.3 Å². The molecule has 1 aromatic carbocycles. The van der Waals surface area contributed by atoms with Crippen molar-refractivity contribution in [1.29, 1.82) is 0 Å². The number of amides is 1. The van der Waals surface area contributed by atoms with Gasteiger partial charge < -0.3 is 10.0 Å². The van der Waals surface area contributed by atoms with E-state index in [4.69, 9.17) is 5.11 Å². The maximum absolute atomic E-state index is 12.5. The van der Waals surface area contributed by atoms with Crippen LogP contribution in [-0.4, -0.2) is 44.8 Å². The molecule has 1 aliphatic rings. The molecule has 1 unspecified atom stereocenters. The molecule has 3 rings (SSSR count). The van der Waals surface area contributed by atoms with Gasteiger partial charge >= 0.3 is 5.97 Å². The second-order valence-corrected chi connectivity index (χ2v) is 6.24. The van der Waals surface area contributed by atoms with Crippen LogP contribution in [-0.2, 0) is 16.0 Å². The van der Waals surface area contributed by atoms with Crippen molar-refractivity contribution in [2.75, 3.05) is 13.1 Å². The Morgan fingerprint density at radius 1 is 1.24 bits per heavy atom. The Kier molecular flexibility index (Phi) is 5.85. The summed E-state index contributed by atoms with van der Waals surface area (Å²) in [4.78, 5) is 25.2. The summed E-state index contributed by atoms with van der Waals surface area (Å²) in [5, 5.41) is 13.6. The van der Waals surface area contributed by atoms with Crippen molar-refractivity contribution in [2.45, 2.75) is 26.7 Å². The number of nitrogens with zero attached hydrogens (tertiary/aromatic N) is 3. The molecule has 134 valence electrons. The van der Waals surface area contributed by atoms with Gasteiger partial charge in [0.1, 0.15) is 0 Å². The highest BCUT2D eigenvalue weighted by atomic mass is 35.5. The maximum Gasteiger partial charge on any atom is 0.308 e. The standard InChI is InChI=1S/C18H21N3O3.ClH/c1-12-16(10-17(22)20-9-8-14(11-20)18(23)24)13(2)21(19-12)15-6-4-3-5-7-15;/h3-7,14H,8-11H2,1-2H3,(H,23,24);1H.